The molecule has 0 spiro atoms. The third-order valence-corrected chi connectivity index (χ3v) is 3.72. The number of aryl methyl sites for hydroxylation is 1. The minimum absolute atomic E-state index is 0.872. The van der Waals surface area contributed by atoms with E-state index in [1.165, 1.54) is 22.5 Å². The third-order valence-electron chi connectivity index (χ3n) is 3.72. The van der Waals surface area contributed by atoms with E-state index in [4.69, 9.17) is 5.10 Å². The molecule has 0 bridgehead atoms. The number of rotatable bonds is 7. The lowest BCUT2D eigenvalue weighted by Gasteiger charge is -2.08. The lowest BCUT2D eigenvalue weighted by atomic mass is 10.1. The zero-order valence-corrected chi connectivity index (χ0v) is 12.8. The third kappa shape index (κ3) is 3.28. The van der Waals surface area contributed by atoms with Gasteiger partial charge in [0.15, 0.2) is 0 Å². The molecule has 2 rings (SSSR count). The molecular formula is C17H25N3. The van der Waals surface area contributed by atoms with Crippen molar-refractivity contribution in [1.29, 1.82) is 0 Å². The second-order valence-corrected chi connectivity index (χ2v) is 5.08. The normalized spacial score (nSPS) is 10.9. The van der Waals surface area contributed by atoms with E-state index < -0.39 is 0 Å². The second kappa shape index (κ2) is 7.25. The molecular weight excluding hydrogens is 246 g/mol. The Hall–Kier alpha value is -1.61. The number of hydrogen-bond acceptors (Lipinski definition) is 2. The summed E-state index contributed by atoms with van der Waals surface area (Å²) in [7, 11) is 2.01. The Bertz CT molecular complexity index is 529. The molecule has 0 aliphatic carbocycles. The van der Waals surface area contributed by atoms with Crippen LogP contribution in [0.3, 0.4) is 0 Å². The van der Waals surface area contributed by atoms with Crippen molar-refractivity contribution in [2.75, 3.05) is 13.6 Å². The first-order valence-electron chi connectivity index (χ1n) is 7.56. The fourth-order valence-corrected chi connectivity index (χ4v) is 2.69. The van der Waals surface area contributed by atoms with Crippen LogP contribution in [-0.2, 0) is 25.8 Å². The van der Waals surface area contributed by atoms with E-state index in [2.05, 4.69) is 54.2 Å². The zero-order valence-electron chi connectivity index (χ0n) is 12.8. The first kappa shape index (κ1) is 14.8. The number of likely N-dealkylation sites (N-methyl/N-ethyl adjacent to an activating group) is 1. The van der Waals surface area contributed by atoms with Gasteiger partial charge in [0.1, 0.15) is 0 Å². The molecule has 108 valence electrons. The standard InChI is InChI=1S/C17H25N3/c1-4-16-15(11-12-18-3)17(5-2)20(19-16)13-14-9-7-6-8-10-14/h6-10,18H,4-5,11-13H2,1-3H3. The van der Waals surface area contributed by atoms with Gasteiger partial charge in [-0.2, -0.15) is 5.10 Å². The molecule has 3 nitrogen and oxygen atoms in total. The summed E-state index contributed by atoms with van der Waals surface area (Å²) in [6.07, 6.45) is 3.12. The van der Waals surface area contributed by atoms with Crippen LogP contribution >= 0.6 is 0 Å². The molecule has 2 aromatic rings. The van der Waals surface area contributed by atoms with E-state index in [0.717, 1.165) is 32.4 Å². The summed E-state index contributed by atoms with van der Waals surface area (Å²) in [4.78, 5) is 0. The van der Waals surface area contributed by atoms with Crippen LogP contribution < -0.4 is 5.32 Å². The Morgan fingerprint density at radius 2 is 1.85 bits per heavy atom. The quantitative estimate of drug-likeness (QED) is 0.839. The monoisotopic (exact) mass is 271 g/mol. The van der Waals surface area contributed by atoms with Crippen LogP contribution in [0.15, 0.2) is 30.3 Å². The van der Waals surface area contributed by atoms with Gasteiger partial charge in [0.25, 0.3) is 0 Å². The van der Waals surface area contributed by atoms with Crippen LogP contribution in [0.4, 0.5) is 0 Å². The molecule has 0 radical (unpaired) electrons. The molecule has 1 aromatic heterocycles. The van der Waals surface area contributed by atoms with Crippen LogP contribution in [0, 0.1) is 0 Å². The molecule has 1 aromatic carbocycles. The van der Waals surface area contributed by atoms with Gasteiger partial charge in [0, 0.05) is 5.69 Å². The van der Waals surface area contributed by atoms with Crippen LogP contribution in [0.2, 0.25) is 0 Å². The van der Waals surface area contributed by atoms with Gasteiger partial charge in [-0.25, -0.2) is 0 Å². The number of aromatic nitrogens is 2. The molecule has 0 saturated carbocycles. The molecule has 0 atom stereocenters. The van der Waals surface area contributed by atoms with E-state index in [1.807, 2.05) is 7.05 Å². The molecule has 3 heteroatoms. The van der Waals surface area contributed by atoms with Crippen LogP contribution in [0.25, 0.3) is 0 Å². The van der Waals surface area contributed by atoms with Crippen molar-refractivity contribution in [3.63, 3.8) is 0 Å². The number of hydrogen-bond donors (Lipinski definition) is 1. The SMILES string of the molecule is CCc1nn(Cc2ccccc2)c(CC)c1CCNC. The Kier molecular flexibility index (Phi) is 5.36. The summed E-state index contributed by atoms with van der Waals surface area (Å²) in [6.45, 7) is 6.30. The van der Waals surface area contributed by atoms with Gasteiger partial charge in [-0.1, -0.05) is 44.2 Å². The molecule has 0 aliphatic heterocycles. The van der Waals surface area contributed by atoms with E-state index in [1.54, 1.807) is 0 Å². The molecule has 0 fully saturated rings. The van der Waals surface area contributed by atoms with Gasteiger partial charge < -0.3 is 5.32 Å². The maximum atomic E-state index is 4.84. The van der Waals surface area contributed by atoms with Crippen molar-refractivity contribution < 1.29 is 0 Å². The van der Waals surface area contributed by atoms with Gasteiger partial charge in [0.05, 0.1) is 12.2 Å². The molecule has 0 amide bonds. The second-order valence-electron chi connectivity index (χ2n) is 5.08. The highest BCUT2D eigenvalue weighted by molar-refractivity contribution is 5.28. The predicted molar refractivity (Wildman–Crippen MR) is 84.2 cm³/mol. The maximum Gasteiger partial charge on any atom is 0.0662 e. The summed E-state index contributed by atoms with van der Waals surface area (Å²) in [6, 6.07) is 10.6. The number of nitrogens with one attached hydrogen (secondary N) is 1. The van der Waals surface area contributed by atoms with Gasteiger partial charge in [-0.15, -0.1) is 0 Å². The molecule has 0 saturated heterocycles. The van der Waals surface area contributed by atoms with E-state index in [0.29, 0.717) is 0 Å². The first-order chi connectivity index (χ1) is 9.80. The topological polar surface area (TPSA) is 29.9 Å². The average molecular weight is 271 g/mol. The molecule has 20 heavy (non-hydrogen) atoms. The van der Waals surface area contributed by atoms with Crippen LogP contribution in [0.5, 0.6) is 0 Å². The highest BCUT2D eigenvalue weighted by atomic mass is 15.3. The summed E-state index contributed by atoms with van der Waals surface area (Å²) in [5.74, 6) is 0. The molecule has 0 aliphatic rings. The van der Waals surface area contributed by atoms with Crippen LogP contribution in [0.1, 0.15) is 36.4 Å². The van der Waals surface area contributed by atoms with Crippen molar-refractivity contribution in [2.45, 2.75) is 39.7 Å². The Morgan fingerprint density at radius 1 is 1.10 bits per heavy atom. The Balaban J connectivity index is 2.30. The number of benzene rings is 1. The minimum Gasteiger partial charge on any atom is -0.319 e. The smallest absolute Gasteiger partial charge is 0.0662 e. The molecule has 1 heterocycles. The summed E-state index contributed by atoms with van der Waals surface area (Å²) >= 11 is 0. The van der Waals surface area contributed by atoms with Crippen molar-refractivity contribution >= 4 is 0 Å². The van der Waals surface area contributed by atoms with Crippen LogP contribution in [-0.4, -0.2) is 23.4 Å². The summed E-state index contributed by atoms with van der Waals surface area (Å²) < 4.78 is 2.19. The Labute approximate surface area is 122 Å². The van der Waals surface area contributed by atoms with Gasteiger partial charge >= 0.3 is 0 Å². The maximum absolute atomic E-state index is 4.84. The number of nitrogens with zero attached hydrogens (tertiary/aromatic N) is 2. The summed E-state index contributed by atoms with van der Waals surface area (Å²) in [5, 5.41) is 8.08. The van der Waals surface area contributed by atoms with Crippen molar-refractivity contribution in [1.82, 2.24) is 15.1 Å². The highest BCUT2D eigenvalue weighted by Gasteiger charge is 2.14. The lowest BCUT2D eigenvalue weighted by molar-refractivity contribution is 0.638. The zero-order chi connectivity index (χ0) is 14.4. The summed E-state index contributed by atoms with van der Waals surface area (Å²) in [5.41, 5.74) is 5.40. The van der Waals surface area contributed by atoms with Crippen molar-refractivity contribution in [3.8, 4) is 0 Å². The molecule has 0 unspecified atom stereocenters. The van der Waals surface area contributed by atoms with Gasteiger partial charge in [0.2, 0.25) is 0 Å². The van der Waals surface area contributed by atoms with E-state index in [9.17, 15) is 0 Å². The van der Waals surface area contributed by atoms with Gasteiger partial charge in [-0.3, -0.25) is 4.68 Å². The first-order valence-corrected chi connectivity index (χ1v) is 7.56. The molecule has 1 N–H and O–H groups in total. The average Bonchev–Trinajstić information content (AvgIpc) is 2.82. The minimum atomic E-state index is 0.872. The fraction of sp³-hybridized carbons (Fsp3) is 0.471. The van der Waals surface area contributed by atoms with Gasteiger partial charge in [-0.05, 0) is 44.0 Å². The predicted octanol–water partition coefficient (Wildman–Crippen LogP) is 2.82. The lowest BCUT2D eigenvalue weighted by Crippen LogP contribution is -2.12. The largest absolute Gasteiger partial charge is 0.319 e. The van der Waals surface area contributed by atoms with E-state index in [-0.39, 0.29) is 0 Å². The van der Waals surface area contributed by atoms with Crippen molar-refractivity contribution in [3.05, 3.63) is 52.8 Å². The highest BCUT2D eigenvalue weighted by Crippen LogP contribution is 2.18. The van der Waals surface area contributed by atoms with Crippen molar-refractivity contribution in [2.24, 2.45) is 0 Å². The Morgan fingerprint density at radius 3 is 2.45 bits per heavy atom. The van der Waals surface area contributed by atoms with E-state index >= 15 is 0 Å². The fourth-order valence-electron chi connectivity index (χ4n) is 2.69.